The molecule has 0 heterocycles. The van der Waals surface area contributed by atoms with Gasteiger partial charge in [0.15, 0.2) is 0 Å². The van der Waals surface area contributed by atoms with Crippen molar-refractivity contribution in [2.75, 3.05) is 0 Å². The fraction of sp³-hybridized carbons (Fsp3) is 1.00. The maximum absolute atomic E-state index is 6.01. The number of rotatable bonds is 0. The lowest BCUT2D eigenvalue weighted by Crippen LogP contribution is -2.35. The predicted octanol–water partition coefficient (Wildman–Crippen LogP) is 0.990. The van der Waals surface area contributed by atoms with E-state index in [-0.39, 0.29) is 0 Å². The molecule has 0 amide bonds. The molecule has 0 aromatic carbocycles. The van der Waals surface area contributed by atoms with Gasteiger partial charge in [-0.1, -0.05) is 0 Å². The first-order valence-corrected chi connectivity index (χ1v) is 4.13. The van der Waals surface area contributed by atoms with E-state index in [2.05, 4.69) is 0 Å². The van der Waals surface area contributed by atoms with Crippen molar-refractivity contribution >= 4 is 0 Å². The summed E-state index contributed by atoms with van der Waals surface area (Å²) < 4.78 is 0. The second-order valence-corrected chi connectivity index (χ2v) is 4.05. The molecule has 4 aliphatic carbocycles. The van der Waals surface area contributed by atoms with Crippen LogP contribution < -0.4 is 5.73 Å². The predicted molar refractivity (Wildman–Crippen MR) is 35.8 cm³/mol. The van der Waals surface area contributed by atoms with Crippen molar-refractivity contribution in [1.29, 1.82) is 0 Å². The van der Waals surface area contributed by atoms with Gasteiger partial charge in [-0.05, 0) is 42.9 Å². The summed E-state index contributed by atoms with van der Waals surface area (Å²) in [7, 11) is 0. The molecule has 4 aliphatic rings. The van der Waals surface area contributed by atoms with E-state index in [1.807, 2.05) is 0 Å². The molecule has 0 radical (unpaired) electrons. The first-order chi connectivity index (χ1) is 4.38. The van der Waals surface area contributed by atoms with Crippen molar-refractivity contribution in [3.8, 4) is 0 Å². The Morgan fingerprint density at radius 1 is 0.889 bits per heavy atom. The van der Waals surface area contributed by atoms with Gasteiger partial charge in [0.2, 0.25) is 0 Å². The highest BCUT2D eigenvalue weighted by molar-refractivity contribution is 5.12. The molecule has 1 nitrogen and oxygen atoms in total. The van der Waals surface area contributed by atoms with E-state index < -0.39 is 0 Å². The summed E-state index contributed by atoms with van der Waals surface area (Å²) >= 11 is 0. The van der Waals surface area contributed by atoms with E-state index in [0.29, 0.717) is 6.04 Å². The second kappa shape index (κ2) is 1.20. The van der Waals surface area contributed by atoms with Crippen LogP contribution in [0.25, 0.3) is 0 Å². The second-order valence-electron chi connectivity index (χ2n) is 4.05. The van der Waals surface area contributed by atoms with E-state index in [9.17, 15) is 0 Å². The maximum Gasteiger partial charge on any atom is 0.0101 e. The topological polar surface area (TPSA) is 26.0 Å². The standard InChI is InChI=1S/C8H13N/c9-8-5-2-1-4-6(5)3-7(4)8/h4-8H,1-3,9H2. The van der Waals surface area contributed by atoms with Crippen molar-refractivity contribution in [3.63, 3.8) is 0 Å². The smallest absolute Gasteiger partial charge is 0.0101 e. The van der Waals surface area contributed by atoms with Crippen LogP contribution in [0.5, 0.6) is 0 Å². The van der Waals surface area contributed by atoms with Crippen LogP contribution in [0.1, 0.15) is 19.3 Å². The molecule has 0 spiro atoms. The molecule has 0 saturated heterocycles. The van der Waals surface area contributed by atoms with Crippen LogP contribution in [0.15, 0.2) is 0 Å². The molecular weight excluding hydrogens is 110 g/mol. The van der Waals surface area contributed by atoms with Crippen LogP contribution in [0.2, 0.25) is 0 Å². The first kappa shape index (κ1) is 4.73. The molecule has 4 bridgehead atoms. The Balaban J connectivity index is 2.03. The quantitative estimate of drug-likeness (QED) is 0.510. The molecule has 2 N–H and O–H groups in total. The Kier molecular flexibility index (Phi) is 0.628. The van der Waals surface area contributed by atoms with E-state index >= 15 is 0 Å². The van der Waals surface area contributed by atoms with E-state index in [1.54, 1.807) is 0 Å². The number of hydrogen-bond donors (Lipinski definition) is 1. The third kappa shape index (κ3) is 0.337. The van der Waals surface area contributed by atoms with Crippen LogP contribution >= 0.6 is 0 Å². The van der Waals surface area contributed by atoms with Gasteiger partial charge in [-0.25, -0.2) is 0 Å². The van der Waals surface area contributed by atoms with Gasteiger partial charge in [-0.2, -0.15) is 0 Å². The van der Waals surface area contributed by atoms with Gasteiger partial charge in [0.05, 0.1) is 0 Å². The Morgan fingerprint density at radius 3 is 2.11 bits per heavy atom. The minimum atomic E-state index is 0.619. The van der Waals surface area contributed by atoms with Gasteiger partial charge >= 0.3 is 0 Å². The lowest BCUT2D eigenvalue weighted by molar-refractivity contribution is 0.163. The highest BCUT2D eigenvalue weighted by Crippen LogP contribution is 2.64. The van der Waals surface area contributed by atoms with Crippen LogP contribution in [-0.4, -0.2) is 6.04 Å². The molecular formula is C8H13N. The largest absolute Gasteiger partial charge is 0.327 e. The molecule has 50 valence electrons. The average molecular weight is 123 g/mol. The maximum atomic E-state index is 6.01. The monoisotopic (exact) mass is 123 g/mol. The average Bonchev–Trinajstić information content (AvgIpc) is 2.26. The summed E-state index contributed by atoms with van der Waals surface area (Å²) in [5, 5.41) is 0. The van der Waals surface area contributed by atoms with Crippen molar-refractivity contribution in [2.24, 2.45) is 29.4 Å². The molecule has 4 fully saturated rings. The normalized spacial score (nSPS) is 68.3. The van der Waals surface area contributed by atoms with E-state index in [4.69, 9.17) is 5.73 Å². The molecule has 9 heavy (non-hydrogen) atoms. The van der Waals surface area contributed by atoms with Crippen LogP contribution in [0, 0.1) is 23.7 Å². The molecule has 5 atom stereocenters. The molecule has 1 heteroatoms. The third-order valence-corrected chi connectivity index (χ3v) is 4.02. The minimum absolute atomic E-state index is 0.619. The molecule has 0 aromatic heterocycles. The fourth-order valence-corrected chi connectivity index (χ4v) is 3.54. The van der Waals surface area contributed by atoms with Gasteiger partial charge in [0.1, 0.15) is 0 Å². The molecule has 0 aromatic rings. The van der Waals surface area contributed by atoms with Gasteiger partial charge < -0.3 is 5.73 Å². The Hall–Kier alpha value is -0.0400. The molecule has 5 unspecified atom stereocenters. The van der Waals surface area contributed by atoms with Gasteiger partial charge in [-0.15, -0.1) is 0 Å². The van der Waals surface area contributed by atoms with Crippen LogP contribution in [0.4, 0.5) is 0 Å². The van der Waals surface area contributed by atoms with Crippen molar-refractivity contribution in [2.45, 2.75) is 25.3 Å². The SMILES string of the molecule is NC1C2CC3C1CCC23. The summed E-state index contributed by atoms with van der Waals surface area (Å²) in [5.41, 5.74) is 6.01. The number of hydrogen-bond acceptors (Lipinski definition) is 1. The summed E-state index contributed by atoms with van der Waals surface area (Å²) in [6.07, 6.45) is 4.44. The van der Waals surface area contributed by atoms with E-state index in [1.165, 1.54) is 19.3 Å². The van der Waals surface area contributed by atoms with Crippen molar-refractivity contribution < 1.29 is 0 Å². The highest BCUT2D eigenvalue weighted by Gasteiger charge is 2.60. The number of nitrogens with two attached hydrogens (primary N) is 1. The van der Waals surface area contributed by atoms with E-state index in [0.717, 1.165) is 23.7 Å². The zero-order valence-electron chi connectivity index (χ0n) is 5.59. The summed E-state index contributed by atoms with van der Waals surface area (Å²) in [6, 6.07) is 0.619. The fourth-order valence-electron chi connectivity index (χ4n) is 3.54. The Bertz CT molecular complexity index is 142. The molecule has 4 rings (SSSR count). The highest BCUT2D eigenvalue weighted by atomic mass is 14.8. The first-order valence-electron chi connectivity index (χ1n) is 4.13. The third-order valence-electron chi connectivity index (χ3n) is 4.02. The summed E-state index contributed by atoms with van der Waals surface area (Å²) in [6.45, 7) is 0. The minimum Gasteiger partial charge on any atom is -0.327 e. The Morgan fingerprint density at radius 2 is 1.67 bits per heavy atom. The van der Waals surface area contributed by atoms with Gasteiger partial charge in [0, 0.05) is 6.04 Å². The summed E-state index contributed by atoms with van der Waals surface area (Å²) in [4.78, 5) is 0. The van der Waals surface area contributed by atoms with Crippen LogP contribution in [-0.2, 0) is 0 Å². The lowest BCUT2D eigenvalue weighted by Gasteiger charge is -2.34. The van der Waals surface area contributed by atoms with Crippen molar-refractivity contribution in [3.05, 3.63) is 0 Å². The lowest BCUT2D eigenvalue weighted by atomic mass is 9.72. The Labute approximate surface area is 55.6 Å². The van der Waals surface area contributed by atoms with Gasteiger partial charge in [0.25, 0.3) is 0 Å². The van der Waals surface area contributed by atoms with Crippen LogP contribution in [0.3, 0.4) is 0 Å². The summed E-state index contributed by atoms with van der Waals surface area (Å²) in [5.74, 6) is 4.10. The zero-order chi connectivity index (χ0) is 6.01. The van der Waals surface area contributed by atoms with Crippen molar-refractivity contribution in [1.82, 2.24) is 0 Å². The molecule has 4 saturated carbocycles. The molecule has 0 aliphatic heterocycles. The zero-order valence-corrected chi connectivity index (χ0v) is 5.59. The van der Waals surface area contributed by atoms with Gasteiger partial charge in [-0.3, -0.25) is 0 Å².